The Morgan fingerprint density at radius 1 is 1.21 bits per heavy atom. The molecule has 0 spiro atoms. The van der Waals surface area contributed by atoms with Crippen LogP contribution in [0.4, 0.5) is 0 Å². The molecule has 0 unspecified atom stereocenters. The van der Waals surface area contributed by atoms with E-state index in [1.807, 2.05) is 18.2 Å². The average molecular weight is 379 g/mol. The topological polar surface area (TPSA) is 81.7 Å². The van der Waals surface area contributed by atoms with Crippen LogP contribution >= 0.6 is 0 Å². The minimum atomic E-state index is -1.20. The van der Waals surface area contributed by atoms with Gasteiger partial charge in [-0.3, -0.25) is 4.79 Å². The van der Waals surface area contributed by atoms with Crippen LogP contribution in [0.3, 0.4) is 0 Å². The average Bonchev–Trinajstić information content (AvgIpc) is 3.34. The maximum Gasteiger partial charge on any atom is 0.341 e. The highest BCUT2D eigenvalue weighted by atomic mass is 16.5. The number of rotatable bonds is 2. The number of carbonyl (C=O) groups is 1. The first kappa shape index (κ1) is 17.1. The monoisotopic (exact) mass is 379 g/mol. The Labute approximate surface area is 161 Å². The Balaban J connectivity index is 1.93. The van der Waals surface area contributed by atoms with E-state index in [9.17, 15) is 14.7 Å². The van der Waals surface area contributed by atoms with Gasteiger partial charge in [0.25, 0.3) is 5.56 Å². The summed E-state index contributed by atoms with van der Waals surface area (Å²) in [5.41, 5.74) is 2.12. The van der Waals surface area contributed by atoms with Gasteiger partial charge in [-0.1, -0.05) is 20.8 Å². The fourth-order valence-corrected chi connectivity index (χ4v) is 4.13. The third-order valence-corrected chi connectivity index (χ3v) is 5.55. The first-order valence-electron chi connectivity index (χ1n) is 9.47. The largest absolute Gasteiger partial charge is 0.484 e. The Bertz CT molecular complexity index is 1190. The van der Waals surface area contributed by atoms with Crippen molar-refractivity contribution >= 4 is 16.9 Å². The normalized spacial score (nSPS) is 18.5. The molecule has 0 bridgehead atoms. The summed E-state index contributed by atoms with van der Waals surface area (Å²) >= 11 is 0. The molecule has 1 fully saturated rings. The van der Waals surface area contributed by atoms with E-state index >= 15 is 0 Å². The number of ether oxygens (including phenoxy) is 1. The molecular formula is C22H21NO5. The maximum atomic E-state index is 13.1. The van der Waals surface area contributed by atoms with Gasteiger partial charge >= 0.3 is 5.97 Å². The van der Waals surface area contributed by atoms with Crippen molar-refractivity contribution < 1.29 is 19.1 Å². The van der Waals surface area contributed by atoms with E-state index in [-0.39, 0.29) is 23.1 Å². The summed E-state index contributed by atoms with van der Waals surface area (Å²) in [6.07, 6.45) is 2.98. The minimum absolute atomic E-state index is 0.0344. The first-order chi connectivity index (χ1) is 13.3. The van der Waals surface area contributed by atoms with Crippen LogP contribution in [0.5, 0.6) is 5.75 Å². The lowest BCUT2D eigenvalue weighted by Crippen LogP contribution is -2.34. The van der Waals surface area contributed by atoms with E-state index in [2.05, 4.69) is 20.8 Å². The standard InChI is InChI=1S/C22H21NO5/c1-22(2,3)19-14-10-15(21(25)26)20(24)23(11-4-5-11)17(14)13-6-7-16-12(8-9-27-16)18(13)28-19/h6-11,19H,4-5H2,1-3H3,(H,25,26)/t19-/m1/s1. The second-order valence-electron chi connectivity index (χ2n) is 8.71. The second kappa shape index (κ2) is 5.50. The highest BCUT2D eigenvalue weighted by Crippen LogP contribution is 2.52. The molecule has 2 aliphatic rings. The van der Waals surface area contributed by atoms with Crippen LogP contribution in [0.2, 0.25) is 0 Å². The number of hydrogen-bond donors (Lipinski definition) is 1. The molecule has 1 aliphatic heterocycles. The van der Waals surface area contributed by atoms with Gasteiger partial charge in [0.2, 0.25) is 0 Å². The summed E-state index contributed by atoms with van der Waals surface area (Å²) in [7, 11) is 0. The molecule has 5 rings (SSSR count). The van der Waals surface area contributed by atoms with Crippen molar-refractivity contribution in [3.05, 3.63) is 52.0 Å². The highest BCUT2D eigenvalue weighted by molar-refractivity contribution is 5.94. The highest BCUT2D eigenvalue weighted by Gasteiger charge is 2.41. The molecule has 0 radical (unpaired) electrons. The van der Waals surface area contributed by atoms with Crippen molar-refractivity contribution in [3.63, 3.8) is 0 Å². The van der Waals surface area contributed by atoms with Crippen molar-refractivity contribution in [1.29, 1.82) is 0 Å². The van der Waals surface area contributed by atoms with Gasteiger partial charge in [-0.15, -0.1) is 0 Å². The lowest BCUT2D eigenvalue weighted by atomic mass is 9.80. The molecule has 144 valence electrons. The number of benzene rings is 1. The quantitative estimate of drug-likeness (QED) is 0.693. The molecule has 1 aliphatic carbocycles. The van der Waals surface area contributed by atoms with E-state index < -0.39 is 11.5 Å². The summed E-state index contributed by atoms with van der Waals surface area (Å²) in [4.78, 5) is 24.8. The SMILES string of the molecule is CC(C)(C)[C@@H]1Oc2c(ccc3occc23)-c2c1cc(C(=O)O)c(=O)n2C1CC1. The second-order valence-corrected chi connectivity index (χ2v) is 8.71. The van der Waals surface area contributed by atoms with Crippen LogP contribution in [0.15, 0.2) is 39.7 Å². The molecule has 1 saturated carbocycles. The summed E-state index contributed by atoms with van der Waals surface area (Å²) in [6.45, 7) is 6.15. The van der Waals surface area contributed by atoms with Crippen molar-refractivity contribution in [2.75, 3.05) is 0 Å². The Morgan fingerprint density at radius 2 is 1.96 bits per heavy atom. The molecule has 0 amide bonds. The number of aromatic carboxylic acids is 1. The third kappa shape index (κ3) is 2.33. The number of carboxylic acids is 1. The molecule has 6 heteroatoms. The van der Waals surface area contributed by atoms with E-state index in [0.717, 1.165) is 40.6 Å². The number of aromatic nitrogens is 1. The molecule has 28 heavy (non-hydrogen) atoms. The molecule has 1 atom stereocenters. The third-order valence-electron chi connectivity index (χ3n) is 5.55. The number of furan rings is 1. The Hall–Kier alpha value is -3.02. The van der Waals surface area contributed by atoms with Crippen LogP contribution in [0, 0.1) is 5.41 Å². The molecule has 0 saturated heterocycles. The number of nitrogens with zero attached hydrogens (tertiary/aromatic N) is 1. The number of pyridine rings is 1. The van der Waals surface area contributed by atoms with Crippen molar-refractivity contribution in [3.8, 4) is 17.0 Å². The number of fused-ring (bicyclic) bond motifs is 5. The van der Waals surface area contributed by atoms with Gasteiger partial charge in [-0.2, -0.15) is 0 Å². The fourth-order valence-electron chi connectivity index (χ4n) is 4.13. The fraction of sp³-hybridized carbons (Fsp3) is 0.364. The van der Waals surface area contributed by atoms with Gasteiger partial charge in [0, 0.05) is 22.6 Å². The zero-order chi connectivity index (χ0) is 19.8. The van der Waals surface area contributed by atoms with Gasteiger partial charge in [0.05, 0.1) is 17.3 Å². The lowest BCUT2D eigenvalue weighted by Gasteiger charge is -2.38. The molecular weight excluding hydrogens is 358 g/mol. The van der Waals surface area contributed by atoms with Crippen molar-refractivity contribution in [2.24, 2.45) is 5.41 Å². The predicted molar refractivity (Wildman–Crippen MR) is 104 cm³/mol. The number of carboxylic acid groups (broad SMARTS) is 1. The zero-order valence-electron chi connectivity index (χ0n) is 16.0. The van der Waals surface area contributed by atoms with Crippen molar-refractivity contribution in [1.82, 2.24) is 4.57 Å². The summed E-state index contributed by atoms with van der Waals surface area (Å²) in [6, 6.07) is 7.18. The predicted octanol–water partition coefficient (Wildman–Crippen LogP) is 4.77. The van der Waals surface area contributed by atoms with Gasteiger partial charge in [-0.25, -0.2) is 4.79 Å². The van der Waals surface area contributed by atoms with Gasteiger partial charge < -0.3 is 18.8 Å². The van der Waals surface area contributed by atoms with Gasteiger partial charge in [0.1, 0.15) is 23.0 Å². The molecule has 2 aromatic heterocycles. The summed E-state index contributed by atoms with van der Waals surface area (Å²) in [5, 5.41) is 10.5. The summed E-state index contributed by atoms with van der Waals surface area (Å²) < 4.78 is 13.7. The molecule has 1 N–H and O–H groups in total. The lowest BCUT2D eigenvalue weighted by molar-refractivity contribution is 0.0689. The molecule has 1 aromatic carbocycles. The minimum Gasteiger partial charge on any atom is -0.484 e. The van der Waals surface area contributed by atoms with Crippen LogP contribution in [-0.4, -0.2) is 15.6 Å². The van der Waals surface area contributed by atoms with Crippen LogP contribution in [0.1, 0.15) is 61.7 Å². The van der Waals surface area contributed by atoms with Gasteiger partial charge in [0.15, 0.2) is 0 Å². The maximum absolute atomic E-state index is 13.1. The van der Waals surface area contributed by atoms with Crippen LogP contribution < -0.4 is 10.3 Å². The molecule has 3 heterocycles. The smallest absolute Gasteiger partial charge is 0.341 e. The van der Waals surface area contributed by atoms with E-state index in [0.29, 0.717) is 5.75 Å². The molecule has 3 aromatic rings. The number of hydrogen-bond acceptors (Lipinski definition) is 4. The Kier molecular flexibility index (Phi) is 3.36. The van der Waals surface area contributed by atoms with E-state index in [1.54, 1.807) is 10.8 Å². The van der Waals surface area contributed by atoms with Crippen molar-refractivity contribution in [2.45, 2.75) is 45.8 Å². The zero-order valence-corrected chi connectivity index (χ0v) is 16.0. The first-order valence-corrected chi connectivity index (χ1v) is 9.47. The molecule has 6 nitrogen and oxygen atoms in total. The van der Waals surface area contributed by atoms with E-state index in [4.69, 9.17) is 9.15 Å². The van der Waals surface area contributed by atoms with E-state index in [1.165, 1.54) is 6.07 Å². The van der Waals surface area contributed by atoms with Gasteiger partial charge in [-0.05, 0) is 37.1 Å². The van der Waals surface area contributed by atoms with Crippen LogP contribution in [0.25, 0.3) is 22.2 Å². The Morgan fingerprint density at radius 3 is 2.61 bits per heavy atom. The van der Waals surface area contributed by atoms with Crippen LogP contribution in [-0.2, 0) is 0 Å². The summed E-state index contributed by atoms with van der Waals surface area (Å²) in [5.74, 6) is -0.513.